The number of benzene rings is 2. The molecule has 1 aromatic heterocycles. The molecule has 0 N–H and O–H groups in total. The highest BCUT2D eigenvalue weighted by Gasteiger charge is 2.14. The lowest BCUT2D eigenvalue weighted by atomic mass is 10.1. The van der Waals surface area contributed by atoms with Crippen LogP contribution in [-0.2, 0) is 6.54 Å². The zero-order valence-corrected chi connectivity index (χ0v) is 17.6. The number of nitrogens with zero attached hydrogens (tertiary/aromatic N) is 3. The largest absolute Gasteiger partial charge is 0.496 e. The Morgan fingerprint density at radius 3 is 2.52 bits per heavy atom. The Morgan fingerprint density at radius 2 is 1.88 bits per heavy atom. The number of hydrogen-bond acceptors (Lipinski definition) is 7. The average molecular weight is 459 g/mol. The van der Waals surface area contributed by atoms with Crippen LogP contribution in [0.15, 0.2) is 54.9 Å². The smallest absolute Gasteiger partial charge is 0.387 e. The van der Waals surface area contributed by atoms with Crippen LogP contribution in [0.25, 0.3) is 6.08 Å². The highest BCUT2D eigenvalue weighted by Crippen LogP contribution is 2.30. The van der Waals surface area contributed by atoms with Crippen molar-refractivity contribution in [3.05, 3.63) is 81.7 Å². The predicted octanol–water partition coefficient (Wildman–Crippen LogP) is 4.35. The molecule has 0 aliphatic heterocycles. The number of ether oxygens (including phenoxy) is 3. The van der Waals surface area contributed by atoms with Crippen LogP contribution in [0.1, 0.15) is 21.5 Å². The van der Waals surface area contributed by atoms with Crippen molar-refractivity contribution < 1.29 is 32.7 Å². The van der Waals surface area contributed by atoms with Gasteiger partial charge >= 0.3 is 12.3 Å². The lowest BCUT2D eigenvalue weighted by Crippen LogP contribution is -2.04. The molecule has 0 saturated heterocycles. The van der Waals surface area contributed by atoms with Crippen LogP contribution in [0, 0.1) is 10.1 Å². The SMILES string of the molecule is COc1ccc(/C=C/C(=O)c2ccc(OC(F)F)c(OC)c2)cc1Cn1cc([N+](=O)[O-])cn1. The van der Waals surface area contributed by atoms with E-state index in [0.717, 1.165) is 6.20 Å². The molecule has 172 valence electrons. The molecule has 0 unspecified atom stereocenters. The fourth-order valence-corrected chi connectivity index (χ4v) is 3.02. The number of nitro groups is 1. The molecule has 3 aromatic rings. The molecule has 3 rings (SSSR count). The van der Waals surface area contributed by atoms with E-state index in [1.165, 1.54) is 49.4 Å². The number of carbonyl (C=O) groups excluding carboxylic acids is 1. The van der Waals surface area contributed by atoms with Crippen molar-refractivity contribution in [3.8, 4) is 17.2 Å². The zero-order chi connectivity index (χ0) is 24.0. The summed E-state index contributed by atoms with van der Waals surface area (Å²) in [5, 5.41) is 14.8. The molecule has 0 radical (unpaired) electrons. The van der Waals surface area contributed by atoms with Crippen molar-refractivity contribution in [1.29, 1.82) is 0 Å². The Bertz CT molecular complexity index is 1190. The van der Waals surface area contributed by atoms with Gasteiger partial charge in [0.05, 0.1) is 25.7 Å². The number of alkyl halides is 2. The molecule has 0 amide bonds. The van der Waals surface area contributed by atoms with Crippen LogP contribution < -0.4 is 14.2 Å². The van der Waals surface area contributed by atoms with Crippen molar-refractivity contribution in [2.45, 2.75) is 13.2 Å². The van der Waals surface area contributed by atoms with Gasteiger partial charge in [-0.15, -0.1) is 0 Å². The van der Waals surface area contributed by atoms with Gasteiger partial charge in [-0.2, -0.15) is 13.9 Å². The summed E-state index contributed by atoms with van der Waals surface area (Å²) < 4.78 is 41.0. The predicted molar refractivity (Wildman–Crippen MR) is 114 cm³/mol. The van der Waals surface area contributed by atoms with E-state index in [1.54, 1.807) is 24.3 Å². The normalized spacial score (nSPS) is 11.1. The first-order valence-corrected chi connectivity index (χ1v) is 9.49. The summed E-state index contributed by atoms with van der Waals surface area (Å²) in [7, 11) is 2.78. The quantitative estimate of drug-likeness (QED) is 0.192. The summed E-state index contributed by atoms with van der Waals surface area (Å²) in [4.78, 5) is 22.9. The summed E-state index contributed by atoms with van der Waals surface area (Å²) in [5.74, 6) is 0.00855. The highest BCUT2D eigenvalue weighted by molar-refractivity contribution is 6.07. The summed E-state index contributed by atoms with van der Waals surface area (Å²) >= 11 is 0. The number of allylic oxidation sites excluding steroid dienone is 1. The Hall–Kier alpha value is -4.28. The van der Waals surface area contributed by atoms with Crippen molar-refractivity contribution in [3.63, 3.8) is 0 Å². The third-order valence-electron chi connectivity index (χ3n) is 4.56. The highest BCUT2D eigenvalue weighted by atomic mass is 19.3. The number of rotatable bonds is 10. The van der Waals surface area contributed by atoms with Gasteiger partial charge in [-0.25, -0.2) is 0 Å². The van der Waals surface area contributed by atoms with Crippen LogP contribution in [-0.4, -0.2) is 41.3 Å². The lowest BCUT2D eigenvalue weighted by molar-refractivity contribution is -0.385. The molecule has 0 spiro atoms. The maximum Gasteiger partial charge on any atom is 0.387 e. The molecular weight excluding hydrogens is 440 g/mol. The second kappa shape index (κ2) is 10.4. The van der Waals surface area contributed by atoms with Crippen LogP contribution in [0.4, 0.5) is 14.5 Å². The summed E-state index contributed by atoms with van der Waals surface area (Å²) in [6.45, 7) is -2.80. The van der Waals surface area contributed by atoms with Gasteiger partial charge in [0.1, 0.15) is 18.1 Å². The fourth-order valence-electron chi connectivity index (χ4n) is 3.02. The Kier molecular flexibility index (Phi) is 7.34. The summed E-state index contributed by atoms with van der Waals surface area (Å²) in [6.07, 6.45) is 5.36. The molecule has 0 bridgehead atoms. The van der Waals surface area contributed by atoms with Gasteiger partial charge in [0, 0.05) is 11.1 Å². The molecule has 1 heterocycles. The van der Waals surface area contributed by atoms with Crippen LogP contribution in [0.5, 0.6) is 17.2 Å². The zero-order valence-electron chi connectivity index (χ0n) is 17.6. The maximum atomic E-state index is 12.6. The first kappa shape index (κ1) is 23.4. The molecule has 33 heavy (non-hydrogen) atoms. The fraction of sp³-hybridized carbons (Fsp3) is 0.182. The molecule has 11 heteroatoms. The number of halogens is 2. The lowest BCUT2D eigenvalue weighted by Gasteiger charge is -2.10. The van der Waals surface area contributed by atoms with E-state index >= 15 is 0 Å². The number of methoxy groups -OCH3 is 2. The van der Waals surface area contributed by atoms with E-state index in [9.17, 15) is 23.7 Å². The van der Waals surface area contributed by atoms with Crippen molar-refractivity contribution in [2.75, 3.05) is 14.2 Å². The van der Waals surface area contributed by atoms with E-state index in [-0.39, 0.29) is 35.1 Å². The number of aromatic nitrogens is 2. The number of ketones is 1. The minimum Gasteiger partial charge on any atom is -0.496 e. The van der Waals surface area contributed by atoms with Gasteiger partial charge in [0.2, 0.25) is 0 Å². The topological polar surface area (TPSA) is 106 Å². The van der Waals surface area contributed by atoms with E-state index < -0.39 is 11.5 Å². The van der Waals surface area contributed by atoms with Gasteiger partial charge in [0.25, 0.3) is 0 Å². The third kappa shape index (κ3) is 5.91. The van der Waals surface area contributed by atoms with Crippen LogP contribution in [0.3, 0.4) is 0 Å². The van der Waals surface area contributed by atoms with E-state index in [4.69, 9.17) is 9.47 Å². The Morgan fingerprint density at radius 1 is 1.15 bits per heavy atom. The number of carbonyl (C=O) groups is 1. The minimum absolute atomic E-state index is 0.00889. The number of hydrogen-bond donors (Lipinski definition) is 0. The second-order valence-electron chi connectivity index (χ2n) is 6.67. The van der Waals surface area contributed by atoms with Gasteiger partial charge in [-0.05, 0) is 42.0 Å². The van der Waals surface area contributed by atoms with Gasteiger partial charge < -0.3 is 14.2 Å². The minimum atomic E-state index is -3.02. The van der Waals surface area contributed by atoms with Crippen molar-refractivity contribution >= 4 is 17.5 Å². The molecular formula is C22H19F2N3O6. The Balaban J connectivity index is 1.79. The first-order chi connectivity index (χ1) is 15.8. The van der Waals surface area contributed by atoms with E-state index in [0.29, 0.717) is 16.9 Å². The molecule has 9 nitrogen and oxygen atoms in total. The van der Waals surface area contributed by atoms with Gasteiger partial charge in [-0.1, -0.05) is 12.1 Å². The Labute approximate surface area is 187 Å². The average Bonchev–Trinajstić information content (AvgIpc) is 3.26. The second-order valence-corrected chi connectivity index (χ2v) is 6.67. The third-order valence-corrected chi connectivity index (χ3v) is 4.56. The van der Waals surface area contributed by atoms with Crippen LogP contribution in [0.2, 0.25) is 0 Å². The molecule has 0 fully saturated rings. The molecule has 0 saturated carbocycles. The molecule has 0 aliphatic rings. The standard InChI is InChI=1S/C22H19F2N3O6/c1-31-19-7-4-14(9-16(19)12-26-13-17(11-25-26)27(29)30)3-6-18(28)15-5-8-20(33-22(23)24)21(10-15)32-2/h3-11,13,22H,12H2,1-2H3/b6-3+. The first-order valence-electron chi connectivity index (χ1n) is 9.49. The van der Waals surface area contributed by atoms with Crippen molar-refractivity contribution in [1.82, 2.24) is 9.78 Å². The van der Waals surface area contributed by atoms with E-state index in [2.05, 4.69) is 9.84 Å². The monoisotopic (exact) mass is 459 g/mol. The molecule has 0 aliphatic carbocycles. The van der Waals surface area contributed by atoms with Crippen molar-refractivity contribution in [2.24, 2.45) is 0 Å². The van der Waals surface area contributed by atoms with E-state index in [1.807, 2.05) is 0 Å². The summed E-state index contributed by atoms with van der Waals surface area (Å²) in [6, 6.07) is 9.11. The summed E-state index contributed by atoms with van der Waals surface area (Å²) in [5.41, 5.74) is 1.46. The van der Waals surface area contributed by atoms with Gasteiger partial charge in [0.15, 0.2) is 17.3 Å². The maximum absolute atomic E-state index is 12.6. The van der Waals surface area contributed by atoms with Crippen LogP contribution >= 0.6 is 0 Å². The molecule has 0 atom stereocenters. The van der Waals surface area contributed by atoms with Gasteiger partial charge in [-0.3, -0.25) is 19.6 Å². The molecule has 2 aromatic carbocycles.